The lowest BCUT2D eigenvalue weighted by atomic mass is 10.1. The van der Waals surface area contributed by atoms with E-state index in [1.807, 2.05) is 19.1 Å². The van der Waals surface area contributed by atoms with Crippen molar-refractivity contribution in [1.82, 2.24) is 5.32 Å². The summed E-state index contributed by atoms with van der Waals surface area (Å²) in [5.41, 5.74) is 2.57. The van der Waals surface area contributed by atoms with Crippen LogP contribution in [0.5, 0.6) is 0 Å². The Bertz CT molecular complexity index is 550. The lowest BCUT2D eigenvalue weighted by Crippen LogP contribution is -2.20. The Morgan fingerprint density at radius 3 is 2.33 bits per heavy atom. The van der Waals surface area contributed by atoms with Crippen LogP contribution in [0.4, 0.5) is 0 Å². The normalized spacial score (nSPS) is 23.5. The largest absolute Gasteiger partial charge is 0.508 e. The van der Waals surface area contributed by atoms with Crippen LogP contribution in [0, 0.1) is 0 Å². The lowest BCUT2D eigenvalue weighted by Gasteiger charge is -2.12. The number of aliphatic hydroxyl groups excluding tert-OH is 1. The van der Waals surface area contributed by atoms with Gasteiger partial charge < -0.3 is 10.4 Å². The van der Waals surface area contributed by atoms with E-state index in [1.54, 1.807) is 42.1 Å². The first kappa shape index (κ1) is 16.9. The van der Waals surface area contributed by atoms with E-state index in [0.29, 0.717) is 0 Å². The second kappa shape index (κ2) is 8.22. The smallest absolute Gasteiger partial charge is 0.121 e. The maximum Gasteiger partial charge on any atom is 0.121 e. The van der Waals surface area contributed by atoms with Crippen molar-refractivity contribution in [3.63, 3.8) is 0 Å². The van der Waals surface area contributed by atoms with E-state index in [9.17, 15) is 5.11 Å². The van der Waals surface area contributed by atoms with Crippen molar-refractivity contribution >= 4 is 11.8 Å². The minimum Gasteiger partial charge on any atom is -0.508 e. The van der Waals surface area contributed by atoms with Gasteiger partial charge in [-0.25, -0.2) is 0 Å². The van der Waals surface area contributed by atoms with Crippen molar-refractivity contribution in [2.24, 2.45) is 0 Å². The summed E-state index contributed by atoms with van der Waals surface area (Å²) in [6.45, 7) is 16.8. The molecule has 1 rings (SSSR count). The third-order valence-corrected chi connectivity index (χ3v) is 4.05. The van der Waals surface area contributed by atoms with Crippen LogP contribution in [0.15, 0.2) is 96.4 Å². The molecule has 0 bridgehead atoms. The molecular formula is C18H21NOS. The molecule has 0 saturated carbocycles. The van der Waals surface area contributed by atoms with Crippen molar-refractivity contribution in [1.29, 1.82) is 0 Å². The second-order valence-corrected chi connectivity index (χ2v) is 5.51. The molecule has 1 atom stereocenters. The van der Waals surface area contributed by atoms with Gasteiger partial charge in [0.1, 0.15) is 11.1 Å². The van der Waals surface area contributed by atoms with Crippen molar-refractivity contribution in [3.8, 4) is 0 Å². The van der Waals surface area contributed by atoms with E-state index in [1.165, 1.54) is 0 Å². The Morgan fingerprint density at radius 2 is 1.81 bits per heavy atom. The zero-order valence-electron chi connectivity index (χ0n) is 12.3. The van der Waals surface area contributed by atoms with Gasteiger partial charge in [0, 0.05) is 16.2 Å². The molecule has 0 aliphatic carbocycles. The lowest BCUT2D eigenvalue weighted by molar-refractivity contribution is 0.424. The van der Waals surface area contributed by atoms with Crippen LogP contribution in [0.3, 0.4) is 0 Å². The number of hydrogen-bond acceptors (Lipinski definition) is 3. The molecule has 0 amide bonds. The fourth-order valence-electron chi connectivity index (χ4n) is 1.76. The second-order valence-electron chi connectivity index (χ2n) is 4.36. The highest BCUT2D eigenvalue weighted by Gasteiger charge is 2.26. The van der Waals surface area contributed by atoms with Crippen LogP contribution >= 0.6 is 11.8 Å². The molecule has 0 aromatic rings. The summed E-state index contributed by atoms with van der Waals surface area (Å²) in [7, 11) is 0. The van der Waals surface area contributed by atoms with Crippen LogP contribution in [0.1, 0.15) is 6.92 Å². The quantitative estimate of drug-likeness (QED) is 0.539. The van der Waals surface area contributed by atoms with Crippen LogP contribution in [-0.2, 0) is 0 Å². The van der Waals surface area contributed by atoms with Crippen LogP contribution in [0.25, 0.3) is 0 Å². The highest BCUT2D eigenvalue weighted by molar-refractivity contribution is 8.04. The fraction of sp³-hybridized carbons (Fsp3) is 0.111. The maximum atomic E-state index is 10.3. The number of nitrogens with one attached hydrogen (secondary N) is 1. The number of hydrogen-bond donors (Lipinski definition) is 2. The third kappa shape index (κ3) is 4.43. The van der Waals surface area contributed by atoms with Gasteiger partial charge in [0.2, 0.25) is 0 Å². The summed E-state index contributed by atoms with van der Waals surface area (Å²) in [5, 5.41) is 13.5. The van der Waals surface area contributed by atoms with Crippen LogP contribution in [-0.4, -0.2) is 10.5 Å². The van der Waals surface area contributed by atoms with Crippen molar-refractivity contribution in [2.45, 2.75) is 12.3 Å². The van der Waals surface area contributed by atoms with Gasteiger partial charge in [0.25, 0.3) is 0 Å². The van der Waals surface area contributed by atoms with E-state index in [-0.39, 0.29) is 11.1 Å². The SMILES string of the molecule is C=C/C=C1/NC(/C(C=C)=C(O)/C=C(/C)C=C)S/C1=C/C=C. The molecule has 1 aliphatic heterocycles. The van der Waals surface area contributed by atoms with Gasteiger partial charge in [0.15, 0.2) is 0 Å². The monoisotopic (exact) mass is 299 g/mol. The van der Waals surface area contributed by atoms with E-state index < -0.39 is 0 Å². The van der Waals surface area contributed by atoms with Gasteiger partial charge in [-0.15, -0.1) is 0 Å². The molecule has 0 radical (unpaired) electrons. The van der Waals surface area contributed by atoms with E-state index in [2.05, 4.69) is 31.6 Å². The molecule has 1 fully saturated rings. The minimum atomic E-state index is -0.103. The molecule has 1 heterocycles. The molecule has 1 aliphatic rings. The first-order valence-electron chi connectivity index (χ1n) is 6.52. The third-order valence-electron chi connectivity index (χ3n) is 2.84. The first-order chi connectivity index (χ1) is 10.1. The summed E-state index contributed by atoms with van der Waals surface area (Å²) < 4.78 is 0. The topological polar surface area (TPSA) is 32.3 Å². The van der Waals surface area contributed by atoms with Gasteiger partial charge in [-0.05, 0) is 30.7 Å². The van der Waals surface area contributed by atoms with E-state index in [0.717, 1.165) is 21.7 Å². The molecule has 3 heteroatoms. The van der Waals surface area contributed by atoms with E-state index >= 15 is 0 Å². The Balaban J connectivity index is 3.18. The van der Waals surface area contributed by atoms with E-state index in [4.69, 9.17) is 0 Å². The fourth-order valence-corrected chi connectivity index (χ4v) is 2.97. The number of aliphatic hydroxyl groups is 1. The average molecular weight is 299 g/mol. The van der Waals surface area contributed by atoms with Crippen LogP contribution < -0.4 is 5.32 Å². The van der Waals surface area contributed by atoms with Gasteiger partial charge in [0.05, 0.1) is 0 Å². The number of allylic oxidation sites excluding steroid dienone is 7. The molecule has 0 aromatic carbocycles. The Kier molecular flexibility index (Phi) is 6.63. The molecular weight excluding hydrogens is 278 g/mol. The zero-order chi connectivity index (χ0) is 15.8. The molecule has 2 N–H and O–H groups in total. The zero-order valence-corrected chi connectivity index (χ0v) is 13.1. The molecule has 1 saturated heterocycles. The predicted octanol–water partition coefficient (Wildman–Crippen LogP) is 4.92. The average Bonchev–Trinajstić information content (AvgIpc) is 2.83. The summed E-state index contributed by atoms with van der Waals surface area (Å²) in [5.74, 6) is 0.185. The van der Waals surface area contributed by atoms with Crippen molar-refractivity contribution in [2.75, 3.05) is 0 Å². The molecule has 0 aromatic heterocycles. The minimum absolute atomic E-state index is 0.103. The summed E-state index contributed by atoms with van der Waals surface area (Å²) in [6, 6.07) is 0. The summed E-state index contributed by atoms with van der Waals surface area (Å²) in [6.07, 6.45) is 12.3. The molecule has 110 valence electrons. The molecule has 2 nitrogen and oxygen atoms in total. The van der Waals surface area contributed by atoms with Gasteiger partial charge in [-0.2, -0.15) is 0 Å². The highest BCUT2D eigenvalue weighted by Crippen LogP contribution is 2.38. The van der Waals surface area contributed by atoms with Crippen molar-refractivity contribution < 1.29 is 5.11 Å². The van der Waals surface area contributed by atoms with Crippen molar-refractivity contribution in [3.05, 3.63) is 96.4 Å². The van der Waals surface area contributed by atoms with Gasteiger partial charge in [-0.1, -0.05) is 62.4 Å². The number of thioether (sulfide) groups is 1. The predicted molar refractivity (Wildman–Crippen MR) is 94.9 cm³/mol. The molecule has 21 heavy (non-hydrogen) atoms. The molecule has 1 unspecified atom stereocenters. The summed E-state index contributed by atoms with van der Waals surface area (Å²) in [4.78, 5) is 1.05. The van der Waals surface area contributed by atoms with Gasteiger partial charge in [-0.3, -0.25) is 0 Å². The number of rotatable bonds is 6. The Labute approximate surface area is 131 Å². The Morgan fingerprint density at radius 1 is 1.14 bits per heavy atom. The standard InChI is InChI=1S/C18H21NOS/c1-6-10-15-17(11-7-2)21-18(19-15)14(9-4)16(20)12-13(5)8-3/h6-12,18-20H,1-4H2,5H3/b13-12-,15-10+,16-14-,17-11+. The summed E-state index contributed by atoms with van der Waals surface area (Å²) >= 11 is 1.60. The maximum absolute atomic E-state index is 10.3. The Hall–Kier alpha value is -2.13. The highest BCUT2D eigenvalue weighted by atomic mass is 32.2. The first-order valence-corrected chi connectivity index (χ1v) is 7.40. The molecule has 0 spiro atoms. The van der Waals surface area contributed by atoms with Gasteiger partial charge >= 0.3 is 0 Å². The van der Waals surface area contributed by atoms with Crippen LogP contribution in [0.2, 0.25) is 0 Å².